The van der Waals surface area contributed by atoms with Crippen LogP contribution in [0.3, 0.4) is 0 Å². The highest BCUT2D eigenvalue weighted by molar-refractivity contribution is 7.99. The van der Waals surface area contributed by atoms with Gasteiger partial charge in [-0.05, 0) is 18.1 Å². The molecule has 5 nitrogen and oxygen atoms in total. The van der Waals surface area contributed by atoms with E-state index in [4.69, 9.17) is 5.11 Å². The first-order chi connectivity index (χ1) is 8.11. The summed E-state index contributed by atoms with van der Waals surface area (Å²) in [4.78, 5) is 22.1. The summed E-state index contributed by atoms with van der Waals surface area (Å²) in [5.41, 5.74) is 0. The van der Waals surface area contributed by atoms with Gasteiger partial charge in [-0.15, -0.1) is 0 Å². The zero-order valence-corrected chi connectivity index (χ0v) is 10.9. The fourth-order valence-corrected chi connectivity index (χ4v) is 2.88. The Labute approximate surface area is 106 Å². The molecule has 0 bridgehead atoms. The standard InChI is InChI=1S/C11H20N2O3S/c1-2-8(5-10(14)15)6-12-11(16)13-9-3-4-17-7-9/h8-9H,2-7H2,1H3,(H,14,15)(H2,12,13,16). The molecule has 98 valence electrons. The van der Waals surface area contributed by atoms with E-state index in [9.17, 15) is 9.59 Å². The summed E-state index contributed by atoms with van der Waals surface area (Å²) in [6.07, 6.45) is 1.88. The second-order valence-electron chi connectivity index (χ2n) is 4.29. The van der Waals surface area contributed by atoms with Crippen LogP contribution in [0.15, 0.2) is 0 Å². The molecule has 3 N–H and O–H groups in total. The number of rotatable bonds is 6. The maximum Gasteiger partial charge on any atom is 0.315 e. The average molecular weight is 260 g/mol. The van der Waals surface area contributed by atoms with E-state index in [1.165, 1.54) is 0 Å². The van der Waals surface area contributed by atoms with Crippen LogP contribution in [-0.4, -0.2) is 41.2 Å². The topological polar surface area (TPSA) is 78.4 Å². The molecule has 0 spiro atoms. The molecule has 1 aliphatic heterocycles. The molecule has 0 aromatic carbocycles. The maximum atomic E-state index is 11.5. The Morgan fingerprint density at radius 2 is 2.29 bits per heavy atom. The summed E-state index contributed by atoms with van der Waals surface area (Å²) in [5.74, 6) is 1.27. The van der Waals surface area contributed by atoms with E-state index in [1.54, 1.807) is 0 Å². The third-order valence-electron chi connectivity index (χ3n) is 2.86. The summed E-state index contributed by atoms with van der Waals surface area (Å²) in [7, 11) is 0. The van der Waals surface area contributed by atoms with Crippen molar-refractivity contribution < 1.29 is 14.7 Å². The summed E-state index contributed by atoms with van der Waals surface area (Å²) in [6, 6.07) is 0.0842. The van der Waals surface area contributed by atoms with E-state index in [0.29, 0.717) is 6.54 Å². The normalized spacial score (nSPS) is 20.9. The molecule has 6 heteroatoms. The van der Waals surface area contributed by atoms with E-state index < -0.39 is 5.97 Å². The number of nitrogens with one attached hydrogen (secondary N) is 2. The van der Waals surface area contributed by atoms with Crippen LogP contribution in [0, 0.1) is 5.92 Å². The molecule has 0 radical (unpaired) electrons. The van der Waals surface area contributed by atoms with Gasteiger partial charge in [0.25, 0.3) is 0 Å². The van der Waals surface area contributed by atoms with Gasteiger partial charge in [0.15, 0.2) is 0 Å². The molecule has 0 aromatic rings. The number of hydrogen-bond donors (Lipinski definition) is 3. The minimum absolute atomic E-state index is 0.0104. The molecule has 1 saturated heterocycles. The first kappa shape index (κ1) is 14.2. The van der Waals surface area contributed by atoms with Gasteiger partial charge in [-0.3, -0.25) is 4.79 Å². The number of carbonyl (C=O) groups is 2. The predicted molar refractivity (Wildman–Crippen MR) is 68.3 cm³/mol. The number of thioether (sulfide) groups is 1. The van der Waals surface area contributed by atoms with Gasteiger partial charge < -0.3 is 15.7 Å². The van der Waals surface area contributed by atoms with E-state index in [-0.39, 0.29) is 24.4 Å². The van der Waals surface area contributed by atoms with Crippen LogP contribution >= 0.6 is 11.8 Å². The number of aliphatic carboxylic acids is 1. The molecular formula is C11H20N2O3S. The fourth-order valence-electron chi connectivity index (χ4n) is 1.73. The minimum atomic E-state index is -0.814. The van der Waals surface area contributed by atoms with Gasteiger partial charge in [0.1, 0.15) is 0 Å². The van der Waals surface area contributed by atoms with E-state index in [0.717, 1.165) is 24.3 Å². The number of hydrogen-bond acceptors (Lipinski definition) is 3. The van der Waals surface area contributed by atoms with Crippen molar-refractivity contribution in [3.8, 4) is 0 Å². The molecule has 1 heterocycles. The van der Waals surface area contributed by atoms with Gasteiger partial charge in [0, 0.05) is 24.8 Å². The summed E-state index contributed by atoms with van der Waals surface area (Å²) < 4.78 is 0. The lowest BCUT2D eigenvalue weighted by Crippen LogP contribution is -2.43. The molecule has 1 fully saturated rings. The third kappa shape index (κ3) is 5.81. The van der Waals surface area contributed by atoms with E-state index in [2.05, 4.69) is 10.6 Å². The monoisotopic (exact) mass is 260 g/mol. The molecule has 0 saturated carbocycles. The Morgan fingerprint density at radius 3 is 2.82 bits per heavy atom. The molecule has 2 atom stereocenters. The van der Waals surface area contributed by atoms with Crippen LogP contribution in [0.5, 0.6) is 0 Å². The number of urea groups is 1. The maximum absolute atomic E-state index is 11.5. The number of carbonyl (C=O) groups excluding carboxylic acids is 1. The fraction of sp³-hybridized carbons (Fsp3) is 0.818. The lowest BCUT2D eigenvalue weighted by atomic mass is 10.0. The Bertz CT molecular complexity index is 267. The van der Waals surface area contributed by atoms with Crippen LogP contribution in [-0.2, 0) is 4.79 Å². The van der Waals surface area contributed by atoms with Crippen molar-refractivity contribution in [3.63, 3.8) is 0 Å². The Morgan fingerprint density at radius 1 is 1.53 bits per heavy atom. The number of amides is 2. The van der Waals surface area contributed by atoms with E-state index in [1.807, 2.05) is 18.7 Å². The number of carboxylic acids is 1. The van der Waals surface area contributed by atoms with Crippen molar-refractivity contribution in [3.05, 3.63) is 0 Å². The van der Waals surface area contributed by atoms with Gasteiger partial charge in [-0.2, -0.15) is 11.8 Å². The van der Waals surface area contributed by atoms with Crippen molar-refractivity contribution in [2.24, 2.45) is 5.92 Å². The smallest absolute Gasteiger partial charge is 0.315 e. The van der Waals surface area contributed by atoms with Crippen LogP contribution < -0.4 is 10.6 Å². The van der Waals surface area contributed by atoms with Crippen LogP contribution in [0.2, 0.25) is 0 Å². The molecule has 0 aliphatic carbocycles. The van der Waals surface area contributed by atoms with Crippen molar-refractivity contribution in [1.29, 1.82) is 0 Å². The van der Waals surface area contributed by atoms with Crippen LogP contribution in [0.1, 0.15) is 26.2 Å². The molecule has 2 unspecified atom stereocenters. The van der Waals surface area contributed by atoms with Crippen molar-refractivity contribution in [2.45, 2.75) is 32.2 Å². The Kier molecular flexibility index (Phi) is 6.18. The van der Waals surface area contributed by atoms with E-state index >= 15 is 0 Å². The highest BCUT2D eigenvalue weighted by Gasteiger charge is 2.18. The lowest BCUT2D eigenvalue weighted by molar-refractivity contribution is -0.138. The largest absolute Gasteiger partial charge is 0.481 e. The quantitative estimate of drug-likeness (QED) is 0.672. The van der Waals surface area contributed by atoms with Gasteiger partial charge in [-0.25, -0.2) is 4.79 Å². The summed E-state index contributed by atoms with van der Waals surface area (Å²) >= 11 is 1.84. The van der Waals surface area contributed by atoms with Crippen LogP contribution in [0.25, 0.3) is 0 Å². The summed E-state index contributed by atoms with van der Waals surface area (Å²) in [6.45, 7) is 2.36. The van der Waals surface area contributed by atoms with Gasteiger partial charge in [0.05, 0.1) is 0 Å². The molecule has 0 aromatic heterocycles. The zero-order valence-electron chi connectivity index (χ0n) is 10.1. The van der Waals surface area contributed by atoms with Crippen molar-refractivity contribution >= 4 is 23.8 Å². The number of carboxylic acid groups (broad SMARTS) is 1. The first-order valence-electron chi connectivity index (χ1n) is 5.95. The highest BCUT2D eigenvalue weighted by Crippen LogP contribution is 2.16. The predicted octanol–water partition coefficient (Wildman–Crippen LogP) is 1.29. The molecule has 1 rings (SSSR count). The zero-order chi connectivity index (χ0) is 12.7. The van der Waals surface area contributed by atoms with Gasteiger partial charge in [-0.1, -0.05) is 13.3 Å². The summed E-state index contributed by atoms with van der Waals surface area (Å²) in [5, 5.41) is 14.3. The molecule has 17 heavy (non-hydrogen) atoms. The van der Waals surface area contributed by atoms with Crippen molar-refractivity contribution in [2.75, 3.05) is 18.1 Å². The molecule has 2 amide bonds. The lowest BCUT2D eigenvalue weighted by Gasteiger charge is -2.16. The Balaban J connectivity index is 2.18. The third-order valence-corrected chi connectivity index (χ3v) is 4.02. The first-order valence-corrected chi connectivity index (χ1v) is 7.11. The van der Waals surface area contributed by atoms with Gasteiger partial charge in [0.2, 0.25) is 0 Å². The second-order valence-corrected chi connectivity index (χ2v) is 5.44. The van der Waals surface area contributed by atoms with Gasteiger partial charge >= 0.3 is 12.0 Å². The molecular weight excluding hydrogens is 240 g/mol. The minimum Gasteiger partial charge on any atom is -0.481 e. The highest BCUT2D eigenvalue weighted by atomic mass is 32.2. The average Bonchev–Trinajstić information content (AvgIpc) is 2.76. The van der Waals surface area contributed by atoms with Crippen LogP contribution in [0.4, 0.5) is 4.79 Å². The van der Waals surface area contributed by atoms with Crippen molar-refractivity contribution in [1.82, 2.24) is 10.6 Å². The Hall–Kier alpha value is -0.910. The second kappa shape index (κ2) is 7.42. The SMILES string of the molecule is CCC(CNC(=O)NC1CCSC1)CC(=O)O. The molecule has 1 aliphatic rings.